The van der Waals surface area contributed by atoms with Crippen molar-refractivity contribution in [2.24, 2.45) is 7.05 Å². The number of nitrogens with zero attached hydrogens (tertiary/aromatic N) is 5. The first-order chi connectivity index (χ1) is 13.4. The van der Waals surface area contributed by atoms with Crippen LogP contribution in [0.15, 0.2) is 39.9 Å². The van der Waals surface area contributed by atoms with Gasteiger partial charge in [0.05, 0.1) is 6.04 Å². The topological polar surface area (TPSA) is 66.2 Å². The predicted molar refractivity (Wildman–Crippen MR) is 110 cm³/mol. The Morgan fingerprint density at radius 2 is 1.75 bits per heavy atom. The Hall–Kier alpha value is -3.09. The minimum absolute atomic E-state index is 0.0455. The number of aryl methyl sites for hydroxylation is 2. The van der Waals surface area contributed by atoms with E-state index in [0.29, 0.717) is 29.9 Å². The van der Waals surface area contributed by atoms with Crippen LogP contribution in [0.1, 0.15) is 43.3 Å². The van der Waals surface area contributed by atoms with Gasteiger partial charge in [0.2, 0.25) is 5.78 Å². The van der Waals surface area contributed by atoms with Crippen LogP contribution in [0.5, 0.6) is 0 Å². The zero-order valence-corrected chi connectivity index (χ0v) is 16.9. The summed E-state index contributed by atoms with van der Waals surface area (Å²) in [5.74, 6) is 0.683. The molecule has 4 rings (SSSR count). The number of hydrogen-bond donors (Lipinski definition) is 0. The van der Waals surface area contributed by atoms with E-state index in [0.717, 1.165) is 17.0 Å². The zero-order chi connectivity index (χ0) is 20.2. The maximum Gasteiger partial charge on any atom is 0.332 e. The van der Waals surface area contributed by atoms with Gasteiger partial charge in [-0.1, -0.05) is 37.3 Å². The molecule has 1 aromatic carbocycles. The lowest BCUT2D eigenvalue weighted by Gasteiger charge is -2.16. The smallest absolute Gasteiger partial charge is 0.307 e. The molecular formula is C21H25N5O2. The first kappa shape index (κ1) is 18.3. The van der Waals surface area contributed by atoms with Crippen molar-refractivity contribution in [2.75, 3.05) is 0 Å². The van der Waals surface area contributed by atoms with Crippen LogP contribution in [0.4, 0.5) is 0 Å². The van der Waals surface area contributed by atoms with Crippen LogP contribution in [0, 0.1) is 13.8 Å². The molecule has 0 amide bonds. The van der Waals surface area contributed by atoms with Crippen LogP contribution in [0.3, 0.4) is 0 Å². The standard InChI is InChI=1S/C21H25N5O2/c1-6-12-24-19(27)17-18(23(5)21(24)28)22-20-25(13(2)14(3)26(17)20)15(4)16-10-8-7-9-11-16/h7-11,15H,6,12H2,1-5H3. The van der Waals surface area contributed by atoms with Gasteiger partial charge in [0, 0.05) is 25.0 Å². The molecule has 0 aliphatic rings. The third-order valence-corrected chi connectivity index (χ3v) is 5.68. The number of aromatic nitrogens is 5. The van der Waals surface area contributed by atoms with Crippen LogP contribution in [0.2, 0.25) is 0 Å². The summed E-state index contributed by atoms with van der Waals surface area (Å²) in [4.78, 5) is 30.6. The minimum atomic E-state index is -0.322. The van der Waals surface area contributed by atoms with E-state index in [-0.39, 0.29) is 17.3 Å². The Morgan fingerprint density at radius 3 is 2.39 bits per heavy atom. The molecule has 0 spiro atoms. The quantitative estimate of drug-likeness (QED) is 0.548. The first-order valence-corrected chi connectivity index (χ1v) is 9.62. The largest absolute Gasteiger partial charge is 0.332 e. The molecule has 0 aliphatic heterocycles. The van der Waals surface area contributed by atoms with E-state index in [9.17, 15) is 9.59 Å². The summed E-state index contributed by atoms with van der Waals surface area (Å²) in [6.45, 7) is 8.51. The van der Waals surface area contributed by atoms with E-state index in [1.54, 1.807) is 7.05 Å². The van der Waals surface area contributed by atoms with Crippen molar-refractivity contribution in [3.8, 4) is 0 Å². The van der Waals surface area contributed by atoms with Gasteiger partial charge in [0.25, 0.3) is 5.56 Å². The van der Waals surface area contributed by atoms with E-state index < -0.39 is 0 Å². The lowest BCUT2D eigenvalue weighted by atomic mass is 10.1. The minimum Gasteiger partial charge on any atom is -0.307 e. The van der Waals surface area contributed by atoms with Gasteiger partial charge in [0.1, 0.15) is 0 Å². The fourth-order valence-electron chi connectivity index (χ4n) is 4.04. The molecule has 0 radical (unpaired) electrons. The van der Waals surface area contributed by atoms with Crippen molar-refractivity contribution in [1.29, 1.82) is 0 Å². The lowest BCUT2D eigenvalue weighted by molar-refractivity contribution is 0.592. The van der Waals surface area contributed by atoms with Crippen molar-refractivity contribution in [1.82, 2.24) is 23.1 Å². The Morgan fingerprint density at radius 1 is 1.07 bits per heavy atom. The molecule has 4 aromatic rings. The second kappa shape index (κ2) is 6.51. The third kappa shape index (κ3) is 2.38. The average molecular weight is 379 g/mol. The van der Waals surface area contributed by atoms with Crippen LogP contribution in [0.25, 0.3) is 16.9 Å². The number of benzene rings is 1. The molecule has 1 atom stereocenters. The lowest BCUT2D eigenvalue weighted by Crippen LogP contribution is -2.39. The van der Waals surface area contributed by atoms with E-state index in [1.807, 2.05) is 43.4 Å². The SMILES string of the molecule is CCCn1c(=O)c2c(nc3n(C(C)c4ccccc4)c(C)c(C)n23)n(C)c1=O. The van der Waals surface area contributed by atoms with Gasteiger partial charge in [-0.15, -0.1) is 0 Å². The Balaban J connectivity index is 2.12. The summed E-state index contributed by atoms with van der Waals surface area (Å²) in [6, 6.07) is 10.2. The van der Waals surface area contributed by atoms with Crippen molar-refractivity contribution < 1.29 is 0 Å². The molecule has 1 unspecified atom stereocenters. The molecule has 7 heteroatoms. The molecule has 0 N–H and O–H groups in total. The second-order valence-electron chi connectivity index (χ2n) is 7.35. The summed E-state index contributed by atoms with van der Waals surface area (Å²) in [5.41, 5.74) is 3.46. The third-order valence-electron chi connectivity index (χ3n) is 5.68. The summed E-state index contributed by atoms with van der Waals surface area (Å²) >= 11 is 0. The van der Waals surface area contributed by atoms with Crippen LogP contribution in [-0.2, 0) is 13.6 Å². The highest BCUT2D eigenvalue weighted by Gasteiger charge is 2.24. The number of hydrogen-bond acceptors (Lipinski definition) is 3. The molecule has 3 aromatic heterocycles. The van der Waals surface area contributed by atoms with Gasteiger partial charge in [-0.2, -0.15) is 4.98 Å². The number of rotatable bonds is 4. The van der Waals surface area contributed by atoms with E-state index >= 15 is 0 Å². The highest BCUT2D eigenvalue weighted by molar-refractivity contribution is 5.76. The molecule has 7 nitrogen and oxygen atoms in total. The van der Waals surface area contributed by atoms with Crippen molar-refractivity contribution in [3.63, 3.8) is 0 Å². The van der Waals surface area contributed by atoms with E-state index in [4.69, 9.17) is 4.98 Å². The molecular weight excluding hydrogens is 354 g/mol. The summed E-state index contributed by atoms with van der Waals surface area (Å²) in [5, 5.41) is 0. The Kier molecular flexibility index (Phi) is 4.25. The number of fused-ring (bicyclic) bond motifs is 3. The summed E-state index contributed by atoms with van der Waals surface area (Å²) in [7, 11) is 1.68. The van der Waals surface area contributed by atoms with Crippen LogP contribution < -0.4 is 11.2 Å². The van der Waals surface area contributed by atoms with Crippen molar-refractivity contribution >= 4 is 16.9 Å². The highest BCUT2D eigenvalue weighted by Crippen LogP contribution is 2.27. The predicted octanol–water partition coefficient (Wildman–Crippen LogP) is 2.79. The normalized spacial score (nSPS) is 12.9. The molecule has 3 heterocycles. The fourth-order valence-corrected chi connectivity index (χ4v) is 4.04. The van der Waals surface area contributed by atoms with Gasteiger partial charge in [-0.05, 0) is 32.8 Å². The maximum absolute atomic E-state index is 13.2. The monoisotopic (exact) mass is 379 g/mol. The van der Waals surface area contributed by atoms with Crippen molar-refractivity contribution in [3.05, 3.63) is 68.1 Å². The van der Waals surface area contributed by atoms with Gasteiger partial charge in [-0.3, -0.25) is 18.3 Å². The number of imidazole rings is 2. The van der Waals surface area contributed by atoms with Crippen molar-refractivity contribution in [2.45, 2.75) is 46.7 Å². The Bertz CT molecular complexity index is 1300. The fraction of sp³-hybridized carbons (Fsp3) is 0.381. The second-order valence-corrected chi connectivity index (χ2v) is 7.35. The van der Waals surface area contributed by atoms with Gasteiger partial charge >= 0.3 is 5.69 Å². The molecule has 0 fully saturated rings. The highest BCUT2D eigenvalue weighted by atomic mass is 16.2. The van der Waals surface area contributed by atoms with Gasteiger partial charge < -0.3 is 4.57 Å². The molecule has 146 valence electrons. The molecule has 28 heavy (non-hydrogen) atoms. The molecule has 0 saturated carbocycles. The molecule has 0 aliphatic carbocycles. The summed E-state index contributed by atoms with van der Waals surface area (Å²) < 4.78 is 6.83. The molecule has 0 saturated heterocycles. The zero-order valence-electron chi connectivity index (χ0n) is 16.9. The first-order valence-electron chi connectivity index (χ1n) is 9.62. The van der Waals surface area contributed by atoms with Gasteiger partial charge in [-0.25, -0.2) is 4.79 Å². The van der Waals surface area contributed by atoms with Crippen LogP contribution >= 0.6 is 0 Å². The van der Waals surface area contributed by atoms with E-state index in [1.165, 1.54) is 9.13 Å². The Labute approximate surface area is 162 Å². The van der Waals surface area contributed by atoms with Crippen LogP contribution in [-0.4, -0.2) is 23.1 Å². The van der Waals surface area contributed by atoms with E-state index in [2.05, 4.69) is 23.6 Å². The van der Waals surface area contributed by atoms with Gasteiger partial charge in [0.15, 0.2) is 11.2 Å². The maximum atomic E-state index is 13.2. The molecule has 0 bridgehead atoms. The average Bonchev–Trinajstić information content (AvgIpc) is 3.19. The summed E-state index contributed by atoms with van der Waals surface area (Å²) in [6.07, 6.45) is 0.715.